The van der Waals surface area contributed by atoms with Gasteiger partial charge in [-0.1, -0.05) is 18.2 Å². The highest BCUT2D eigenvalue weighted by Crippen LogP contribution is 2.21. The highest BCUT2D eigenvalue weighted by atomic mass is 19.4. The highest BCUT2D eigenvalue weighted by Gasteiger charge is 2.30. The quantitative estimate of drug-likeness (QED) is 0.707. The fourth-order valence-electron chi connectivity index (χ4n) is 0.647. The van der Waals surface area contributed by atoms with Gasteiger partial charge in [0.2, 0.25) is 0 Å². The predicted molar refractivity (Wildman–Crippen MR) is 49.4 cm³/mol. The number of para-hydroxylation sites is 1. The normalized spacial score (nSPS) is 9.00. The van der Waals surface area contributed by atoms with E-state index >= 15 is 0 Å². The van der Waals surface area contributed by atoms with Crippen molar-refractivity contribution >= 4 is 5.78 Å². The molecule has 0 spiro atoms. The molecule has 0 saturated carbocycles. The fraction of sp³-hybridized carbons (Fsp3) is 0.100. The molecule has 0 fully saturated rings. The molecule has 0 aliphatic heterocycles. The average Bonchev–Trinajstić information content (AvgIpc) is 2.28. The van der Waals surface area contributed by atoms with E-state index < -0.39 is 12.1 Å². The molecular weight excluding hydrogens is 237 g/mol. The molecule has 1 aromatic rings. The number of halogens is 3. The Kier molecular flexibility index (Phi) is 5.83. The van der Waals surface area contributed by atoms with Crippen LogP contribution in [0.25, 0.3) is 0 Å². The molecule has 0 aliphatic carbocycles. The van der Waals surface area contributed by atoms with Gasteiger partial charge in [-0.05, 0) is 12.1 Å². The zero-order valence-corrected chi connectivity index (χ0v) is 8.23. The molecule has 0 amide bonds. The molecule has 0 bridgehead atoms. The molecule has 1 aromatic carbocycles. The Hall–Kier alpha value is -2.54. The Morgan fingerprint density at radius 1 is 1.12 bits per heavy atom. The number of nitriles is 2. The molecule has 1 rings (SSSR count). The van der Waals surface area contributed by atoms with E-state index in [1.54, 1.807) is 6.07 Å². The van der Waals surface area contributed by atoms with Crippen LogP contribution in [0.4, 0.5) is 13.2 Å². The Morgan fingerprint density at radius 2 is 1.59 bits per heavy atom. The number of Topliss-reactive ketones (excluding diaryl/α,β-unsaturated/α-hetero) is 1. The summed E-state index contributed by atoms with van der Waals surface area (Å²) in [6.07, 6.45) is -4.60. The van der Waals surface area contributed by atoms with E-state index in [0.29, 0.717) is 0 Å². The number of carbonyl (C=O) groups excluding carboxylic acids is 1. The van der Waals surface area contributed by atoms with E-state index in [0.717, 1.165) is 12.1 Å². The van der Waals surface area contributed by atoms with Crippen LogP contribution in [0.2, 0.25) is 0 Å². The summed E-state index contributed by atoms with van der Waals surface area (Å²) in [7, 11) is 0. The van der Waals surface area contributed by atoms with Gasteiger partial charge in [0.1, 0.15) is 5.75 Å². The van der Waals surface area contributed by atoms with Gasteiger partial charge in [-0.25, -0.2) is 0 Å². The van der Waals surface area contributed by atoms with Crippen LogP contribution in [-0.4, -0.2) is 12.1 Å². The number of rotatable bonds is 1. The standard InChI is InChI=1S/C7H5F3O.C3N2O/c8-7(9,10)11-6-4-2-1-3-5-6;4-1-3(6)2-5/h1-5H;. The van der Waals surface area contributed by atoms with Crippen LogP contribution in [0, 0.1) is 22.7 Å². The summed E-state index contributed by atoms with van der Waals surface area (Å²) in [5.74, 6) is -1.24. The molecule has 0 heterocycles. The maximum atomic E-state index is 11.5. The summed E-state index contributed by atoms with van der Waals surface area (Å²) in [6.45, 7) is 0. The Morgan fingerprint density at radius 3 is 1.88 bits per heavy atom. The van der Waals surface area contributed by atoms with E-state index in [9.17, 15) is 18.0 Å². The smallest absolute Gasteiger partial charge is 0.406 e. The third kappa shape index (κ3) is 8.45. The third-order valence-electron chi connectivity index (χ3n) is 1.18. The zero-order chi connectivity index (χ0) is 13.3. The van der Waals surface area contributed by atoms with Crippen molar-refractivity contribution in [2.24, 2.45) is 0 Å². The van der Waals surface area contributed by atoms with Gasteiger partial charge in [0.15, 0.2) is 12.1 Å². The number of nitrogens with zero attached hydrogens (tertiary/aromatic N) is 2. The zero-order valence-electron chi connectivity index (χ0n) is 8.23. The minimum atomic E-state index is -4.60. The van der Waals surface area contributed by atoms with Crippen molar-refractivity contribution in [3.8, 4) is 17.9 Å². The van der Waals surface area contributed by atoms with Gasteiger partial charge < -0.3 is 4.74 Å². The van der Waals surface area contributed by atoms with Crippen molar-refractivity contribution in [2.75, 3.05) is 0 Å². The molecular formula is C10H5F3N2O2. The van der Waals surface area contributed by atoms with Crippen LogP contribution in [0.3, 0.4) is 0 Å². The lowest BCUT2D eigenvalue weighted by Crippen LogP contribution is -2.16. The van der Waals surface area contributed by atoms with Gasteiger partial charge in [0.05, 0.1) is 0 Å². The second kappa shape index (κ2) is 6.85. The van der Waals surface area contributed by atoms with E-state index in [1.807, 2.05) is 0 Å². The maximum absolute atomic E-state index is 11.5. The van der Waals surface area contributed by atoms with Crippen LogP contribution in [0.15, 0.2) is 30.3 Å². The maximum Gasteiger partial charge on any atom is 0.573 e. The van der Waals surface area contributed by atoms with Crippen LogP contribution in [-0.2, 0) is 4.79 Å². The topological polar surface area (TPSA) is 73.9 Å². The molecule has 0 aliphatic rings. The largest absolute Gasteiger partial charge is 0.573 e. The third-order valence-corrected chi connectivity index (χ3v) is 1.18. The summed E-state index contributed by atoms with van der Waals surface area (Å²) in [5, 5.41) is 15.0. The van der Waals surface area contributed by atoms with Crippen LogP contribution in [0.5, 0.6) is 5.75 Å². The van der Waals surface area contributed by atoms with Crippen molar-refractivity contribution in [3.63, 3.8) is 0 Å². The molecule has 0 radical (unpaired) electrons. The summed E-state index contributed by atoms with van der Waals surface area (Å²) >= 11 is 0. The van der Waals surface area contributed by atoms with Crippen LogP contribution >= 0.6 is 0 Å². The Labute approximate surface area is 94.5 Å². The number of carbonyl (C=O) groups is 1. The molecule has 0 saturated heterocycles. The summed E-state index contributed by atoms with van der Waals surface area (Å²) < 4.78 is 38.2. The summed E-state index contributed by atoms with van der Waals surface area (Å²) in [5.41, 5.74) is 0. The first-order chi connectivity index (χ1) is 7.89. The minimum Gasteiger partial charge on any atom is -0.406 e. The average molecular weight is 242 g/mol. The molecule has 7 heteroatoms. The van der Waals surface area contributed by atoms with E-state index in [2.05, 4.69) is 4.74 Å². The fourth-order valence-corrected chi connectivity index (χ4v) is 0.647. The second-order valence-corrected chi connectivity index (χ2v) is 2.41. The highest BCUT2D eigenvalue weighted by molar-refractivity contribution is 6.05. The number of ketones is 1. The molecule has 0 unspecified atom stereocenters. The van der Waals surface area contributed by atoms with Crippen molar-refractivity contribution in [3.05, 3.63) is 30.3 Å². The molecule has 0 N–H and O–H groups in total. The van der Waals surface area contributed by atoms with Crippen LogP contribution < -0.4 is 4.74 Å². The molecule has 0 atom stereocenters. The van der Waals surface area contributed by atoms with Crippen molar-refractivity contribution in [1.29, 1.82) is 10.5 Å². The van der Waals surface area contributed by atoms with E-state index in [4.69, 9.17) is 10.5 Å². The van der Waals surface area contributed by atoms with Gasteiger partial charge in [0, 0.05) is 0 Å². The monoisotopic (exact) mass is 242 g/mol. The van der Waals surface area contributed by atoms with Crippen molar-refractivity contribution in [1.82, 2.24) is 0 Å². The number of hydrogen-bond donors (Lipinski definition) is 0. The molecule has 17 heavy (non-hydrogen) atoms. The first-order valence-electron chi connectivity index (χ1n) is 4.04. The number of ether oxygens (including phenoxy) is 1. The first-order valence-corrected chi connectivity index (χ1v) is 4.04. The SMILES string of the molecule is FC(F)(F)Oc1ccccc1.N#CC(=O)C#N. The van der Waals surface area contributed by atoms with Gasteiger partial charge in [-0.15, -0.1) is 13.2 Å². The number of alkyl halides is 3. The minimum absolute atomic E-state index is 0.194. The second-order valence-electron chi connectivity index (χ2n) is 2.41. The summed E-state index contributed by atoms with van der Waals surface area (Å²) in [4.78, 5) is 9.46. The predicted octanol–water partition coefficient (Wildman–Crippen LogP) is 2.19. The summed E-state index contributed by atoms with van der Waals surface area (Å²) in [6, 6.07) is 9.28. The van der Waals surface area contributed by atoms with Crippen molar-refractivity contribution in [2.45, 2.75) is 6.36 Å². The number of benzene rings is 1. The lowest BCUT2D eigenvalue weighted by molar-refractivity contribution is -0.274. The van der Waals surface area contributed by atoms with Gasteiger partial charge in [0.25, 0.3) is 0 Å². The molecule has 0 aromatic heterocycles. The van der Waals surface area contributed by atoms with Crippen LogP contribution in [0.1, 0.15) is 0 Å². The lowest BCUT2D eigenvalue weighted by Gasteiger charge is -2.07. The Balaban J connectivity index is 0.000000366. The van der Waals surface area contributed by atoms with E-state index in [1.165, 1.54) is 24.3 Å². The lowest BCUT2D eigenvalue weighted by atomic mass is 10.3. The number of hydrogen-bond acceptors (Lipinski definition) is 4. The van der Waals surface area contributed by atoms with E-state index in [-0.39, 0.29) is 5.75 Å². The van der Waals surface area contributed by atoms with Gasteiger partial charge in [-0.3, -0.25) is 4.79 Å². The first kappa shape index (κ1) is 14.5. The molecule has 88 valence electrons. The van der Waals surface area contributed by atoms with Gasteiger partial charge in [-0.2, -0.15) is 10.5 Å². The van der Waals surface area contributed by atoms with Gasteiger partial charge >= 0.3 is 12.1 Å². The molecule has 4 nitrogen and oxygen atoms in total. The van der Waals surface area contributed by atoms with Crippen molar-refractivity contribution < 1.29 is 22.7 Å². The Bertz CT molecular complexity index is 427.